The summed E-state index contributed by atoms with van der Waals surface area (Å²) < 4.78 is 27.6. The number of nitrogens with one attached hydrogen (secondary N) is 2. The molecule has 38 heavy (non-hydrogen) atoms. The lowest BCUT2D eigenvalue weighted by Gasteiger charge is -2.24. The third kappa shape index (κ3) is 12.5. The van der Waals surface area contributed by atoms with Gasteiger partial charge in [-0.05, 0) is 43.4 Å². The van der Waals surface area contributed by atoms with E-state index in [0.717, 1.165) is 4.90 Å². The zero-order valence-corrected chi connectivity index (χ0v) is 22.0. The number of likely N-dealkylation sites (N-methyl/N-ethyl adjacent to an activating group) is 1. The molecule has 0 saturated heterocycles. The number of unbranched alkanes of at least 4 members (excludes halogenated alkanes) is 1. The first kappa shape index (κ1) is 32.2. The van der Waals surface area contributed by atoms with Crippen molar-refractivity contribution in [3.63, 3.8) is 0 Å². The number of aldehydes is 1. The summed E-state index contributed by atoms with van der Waals surface area (Å²) >= 11 is 0. The number of carboxylic acid groups (broad SMARTS) is 1. The summed E-state index contributed by atoms with van der Waals surface area (Å²) in [5, 5.41) is 11.5. The molecule has 0 heterocycles. The second-order valence-electron chi connectivity index (χ2n) is 8.83. The largest absolute Gasteiger partial charge is 0.481 e. The molecule has 1 aromatic carbocycles. The Morgan fingerprint density at radius 2 is 1.71 bits per heavy atom. The number of hydrogen-bond donors (Lipinski definition) is 5. The van der Waals surface area contributed by atoms with Crippen molar-refractivity contribution in [3.05, 3.63) is 47.7 Å². The van der Waals surface area contributed by atoms with Gasteiger partial charge in [0.25, 0.3) is 0 Å². The van der Waals surface area contributed by atoms with Crippen LogP contribution in [0, 0.1) is 0 Å². The molecule has 0 unspecified atom stereocenters. The Bertz CT molecular complexity index is 1120. The summed E-state index contributed by atoms with van der Waals surface area (Å²) in [5.41, 5.74) is 11.7. The Balaban J connectivity index is 2.82. The first-order chi connectivity index (χ1) is 17.7. The van der Waals surface area contributed by atoms with Crippen LogP contribution in [-0.4, -0.2) is 74.1 Å². The number of nitrogens with zero attached hydrogens (tertiary/aromatic N) is 1. The van der Waals surface area contributed by atoms with E-state index >= 15 is 0 Å². The van der Waals surface area contributed by atoms with Gasteiger partial charge in [-0.15, -0.1) is 0 Å². The van der Waals surface area contributed by atoms with E-state index < -0.39 is 64.5 Å². The molecule has 210 valence electrons. The van der Waals surface area contributed by atoms with E-state index in [2.05, 4.69) is 16.6 Å². The van der Waals surface area contributed by atoms with Crippen LogP contribution in [0.1, 0.15) is 54.4 Å². The molecule has 1 aromatic rings. The van der Waals surface area contributed by atoms with E-state index in [0.29, 0.717) is 43.2 Å². The van der Waals surface area contributed by atoms with Gasteiger partial charge in [0.2, 0.25) is 27.7 Å². The molecule has 0 radical (unpaired) electrons. The lowest BCUT2D eigenvalue weighted by atomic mass is 10.1. The Kier molecular flexibility index (Phi) is 13.1. The van der Waals surface area contributed by atoms with Gasteiger partial charge in [0.05, 0.1) is 18.3 Å². The lowest BCUT2D eigenvalue weighted by Crippen LogP contribution is -2.50. The normalized spacial score (nSPS) is 12.7. The highest BCUT2D eigenvalue weighted by molar-refractivity contribution is 7.88. The summed E-state index contributed by atoms with van der Waals surface area (Å²) in [7, 11) is -2.87. The second-order valence-corrected chi connectivity index (χ2v) is 10.6. The molecule has 14 heteroatoms. The first-order valence-electron chi connectivity index (χ1n) is 11.8. The zero-order chi connectivity index (χ0) is 28.9. The van der Waals surface area contributed by atoms with Crippen molar-refractivity contribution in [2.45, 2.75) is 56.4 Å². The average molecular weight is 554 g/mol. The monoisotopic (exact) mass is 553 g/mol. The Morgan fingerprint density at radius 3 is 2.24 bits per heavy atom. The molecule has 2 atom stereocenters. The highest BCUT2D eigenvalue weighted by Crippen LogP contribution is 2.11. The van der Waals surface area contributed by atoms with Gasteiger partial charge in [0.15, 0.2) is 0 Å². The molecule has 0 aromatic heterocycles. The molecule has 13 nitrogen and oxygen atoms in total. The van der Waals surface area contributed by atoms with Crippen LogP contribution < -0.4 is 21.5 Å². The van der Waals surface area contributed by atoms with E-state index in [4.69, 9.17) is 16.6 Å². The lowest BCUT2D eigenvalue weighted by molar-refractivity contribution is -0.139. The molecule has 0 aliphatic rings. The average Bonchev–Trinajstić information content (AvgIpc) is 2.82. The van der Waals surface area contributed by atoms with Crippen LogP contribution in [-0.2, 0) is 35.0 Å². The van der Waals surface area contributed by atoms with Crippen molar-refractivity contribution in [1.82, 2.24) is 14.9 Å². The fraction of sp³-hybridized carbons (Fsp3) is 0.458. The molecule has 0 saturated carbocycles. The van der Waals surface area contributed by atoms with E-state index in [1.165, 1.54) is 31.3 Å². The van der Waals surface area contributed by atoms with Crippen LogP contribution in [0.15, 0.2) is 36.5 Å². The number of aliphatic carboxylic acids is 1. The van der Waals surface area contributed by atoms with Gasteiger partial charge in [-0.1, -0.05) is 25.1 Å². The van der Waals surface area contributed by atoms with Crippen molar-refractivity contribution >= 4 is 40.0 Å². The molecule has 0 spiro atoms. The number of hydrogen-bond acceptors (Lipinski definition) is 8. The van der Waals surface area contributed by atoms with Crippen LogP contribution in [0.25, 0.3) is 0 Å². The van der Waals surface area contributed by atoms with Gasteiger partial charge in [0.1, 0.15) is 12.3 Å². The first-order valence-corrected chi connectivity index (χ1v) is 13.4. The number of carbonyl (C=O) groups is 5. The Hall–Kier alpha value is -3.78. The van der Waals surface area contributed by atoms with Crippen LogP contribution >= 0.6 is 0 Å². The molecular weight excluding hydrogens is 518 g/mol. The number of primary amides is 1. The molecule has 1 rings (SSSR count). The van der Waals surface area contributed by atoms with Crippen molar-refractivity contribution in [3.8, 4) is 0 Å². The van der Waals surface area contributed by atoms with Crippen LogP contribution in [0.2, 0.25) is 0 Å². The molecule has 0 aliphatic heterocycles. The summed E-state index contributed by atoms with van der Waals surface area (Å²) in [6.45, 7) is 3.11. The number of benzene rings is 1. The van der Waals surface area contributed by atoms with E-state index in [1.807, 2.05) is 0 Å². The maximum Gasteiger partial charge on any atom is 0.303 e. The number of carboxylic acids is 1. The number of sulfonamides is 1. The smallest absolute Gasteiger partial charge is 0.303 e. The second kappa shape index (κ2) is 15.5. The topological polar surface area (TPSA) is 219 Å². The molecule has 3 amide bonds. The zero-order valence-electron chi connectivity index (χ0n) is 21.2. The molecule has 7 N–H and O–H groups in total. The number of amides is 3. The third-order valence-electron chi connectivity index (χ3n) is 5.39. The van der Waals surface area contributed by atoms with Crippen molar-refractivity contribution < 1.29 is 37.5 Å². The number of carbonyl (C=O) groups excluding carboxylic acids is 4. The standard InChI is InChI=1S/C24H35N5O8S/c1-16(25)5-3-4-6-19(14-30)27-21(31)13-29(2)24(35)20(11-12-22(32)33)28-38(36,37)15-17-7-9-18(10-8-17)23(26)34/h7-10,14,19-20,28H,1,3-6,11-13,15,25H2,2H3,(H2,26,34)(H,27,31)(H,32,33)/t19-,20-/m0/s1. The fourth-order valence-electron chi connectivity index (χ4n) is 3.45. The van der Waals surface area contributed by atoms with Gasteiger partial charge in [-0.2, -0.15) is 0 Å². The number of allylic oxidation sites excluding steroid dienone is 1. The predicted molar refractivity (Wildman–Crippen MR) is 139 cm³/mol. The molecular formula is C24H35N5O8S. The van der Waals surface area contributed by atoms with E-state index in [9.17, 15) is 32.4 Å². The van der Waals surface area contributed by atoms with E-state index in [1.54, 1.807) is 0 Å². The SMILES string of the molecule is C=C(N)CCCC[C@@H](C=O)NC(=O)CN(C)C(=O)[C@H](CCC(=O)O)NS(=O)(=O)Cc1ccc(C(N)=O)cc1. The highest BCUT2D eigenvalue weighted by Gasteiger charge is 2.29. The minimum atomic E-state index is -4.13. The summed E-state index contributed by atoms with van der Waals surface area (Å²) in [5.74, 6) is -3.93. The minimum absolute atomic E-state index is 0.187. The molecule has 0 fully saturated rings. The summed E-state index contributed by atoms with van der Waals surface area (Å²) in [6, 6.07) is 3.26. The quantitative estimate of drug-likeness (QED) is 0.118. The Labute approximate surface area is 221 Å². The van der Waals surface area contributed by atoms with Crippen molar-refractivity contribution in [2.24, 2.45) is 11.5 Å². The van der Waals surface area contributed by atoms with Crippen LogP contribution in [0.5, 0.6) is 0 Å². The maximum atomic E-state index is 13.0. The predicted octanol–water partition coefficient (Wildman–Crippen LogP) is -0.387. The van der Waals surface area contributed by atoms with Gasteiger partial charge in [0, 0.05) is 24.7 Å². The molecule has 0 aliphatic carbocycles. The van der Waals surface area contributed by atoms with E-state index in [-0.39, 0.29) is 12.0 Å². The Morgan fingerprint density at radius 1 is 1.08 bits per heavy atom. The maximum absolute atomic E-state index is 13.0. The summed E-state index contributed by atoms with van der Waals surface area (Å²) in [4.78, 5) is 59.9. The van der Waals surface area contributed by atoms with Crippen molar-refractivity contribution in [1.29, 1.82) is 0 Å². The fourth-order valence-corrected chi connectivity index (χ4v) is 4.81. The highest BCUT2D eigenvalue weighted by atomic mass is 32.2. The van der Waals surface area contributed by atoms with Crippen molar-refractivity contribution in [2.75, 3.05) is 13.6 Å². The van der Waals surface area contributed by atoms with Gasteiger partial charge >= 0.3 is 5.97 Å². The molecule has 0 bridgehead atoms. The van der Waals surface area contributed by atoms with Crippen LogP contribution in [0.3, 0.4) is 0 Å². The van der Waals surface area contributed by atoms with Crippen LogP contribution in [0.4, 0.5) is 0 Å². The minimum Gasteiger partial charge on any atom is -0.481 e. The van der Waals surface area contributed by atoms with Gasteiger partial charge in [-0.25, -0.2) is 13.1 Å². The third-order valence-corrected chi connectivity index (χ3v) is 6.75. The van der Waals surface area contributed by atoms with Gasteiger partial charge < -0.3 is 31.6 Å². The van der Waals surface area contributed by atoms with Gasteiger partial charge in [-0.3, -0.25) is 19.2 Å². The number of rotatable bonds is 18. The number of nitrogens with two attached hydrogens (primary N) is 2. The summed E-state index contributed by atoms with van der Waals surface area (Å²) in [6.07, 6.45) is 1.97.